The Hall–Kier alpha value is -2.65. The first kappa shape index (κ1) is 16.7. The molecule has 0 saturated heterocycles. The van der Waals surface area contributed by atoms with Gasteiger partial charge in [-0.3, -0.25) is 4.79 Å². The molecule has 1 amide bonds. The van der Waals surface area contributed by atoms with Crippen molar-refractivity contribution in [1.82, 2.24) is 5.32 Å². The number of nitriles is 1. The predicted molar refractivity (Wildman–Crippen MR) is 86.5 cm³/mol. The van der Waals surface area contributed by atoms with Gasteiger partial charge in [0.15, 0.2) is 9.84 Å². The van der Waals surface area contributed by atoms with Gasteiger partial charge in [0, 0.05) is 6.54 Å². The molecule has 2 aromatic carbocycles. The Balaban J connectivity index is 2.21. The molecule has 0 bridgehead atoms. The second-order valence-electron chi connectivity index (χ2n) is 4.89. The van der Waals surface area contributed by atoms with Crippen LogP contribution in [0.3, 0.4) is 0 Å². The predicted octanol–water partition coefficient (Wildman–Crippen LogP) is 2.28. The van der Waals surface area contributed by atoms with Gasteiger partial charge >= 0.3 is 0 Å². The first-order chi connectivity index (χ1) is 11.0. The molecule has 23 heavy (non-hydrogen) atoms. The van der Waals surface area contributed by atoms with Crippen molar-refractivity contribution >= 4 is 15.7 Å². The summed E-state index contributed by atoms with van der Waals surface area (Å²) < 4.78 is 24.1. The number of carbonyl (C=O) groups excluding carboxylic acids is 1. The van der Waals surface area contributed by atoms with E-state index in [4.69, 9.17) is 5.26 Å². The third-order valence-corrected chi connectivity index (χ3v) is 5.14. The number of hydrogen-bond donors (Lipinski definition) is 1. The fraction of sp³-hybridized carbons (Fsp3) is 0.176. The van der Waals surface area contributed by atoms with Crippen molar-refractivity contribution in [3.8, 4) is 6.07 Å². The summed E-state index contributed by atoms with van der Waals surface area (Å²) in [5, 5.41) is 11.6. The third kappa shape index (κ3) is 3.96. The molecule has 118 valence electrons. The van der Waals surface area contributed by atoms with Crippen LogP contribution in [0.15, 0.2) is 53.4 Å². The van der Waals surface area contributed by atoms with Crippen LogP contribution in [-0.4, -0.2) is 20.1 Å². The summed E-state index contributed by atoms with van der Waals surface area (Å²) in [7, 11) is -3.47. The zero-order valence-corrected chi connectivity index (χ0v) is 13.4. The molecule has 0 spiro atoms. The number of carbonyl (C=O) groups is 1. The van der Waals surface area contributed by atoms with Crippen molar-refractivity contribution in [1.29, 1.82) is 5.26 Å². The third-order valence-electron chi connectivity index (χ3n) is 3.36. The SMILES string of the molecule is CCS(=O)(=O)c1ccccc1C(=O)NCc1cccc(C#N)c1. The van der Waals surface area contributed by atoms with E-state index in [1.807, 2.05) is 6.07 Å². The molecule has 1 N–H and O–H groups in total. The van der Waals surface area contributed by atoms with E-state index in [0.717, 1.165) is 5.56 Å². The summed E-state index contributed by atoms with van der Waals surface area (Å²) in [6.45, 7) is 1.76. The average molecular weight is 328 g/mol. The van der Waals surface area contributed by atoms with Gasteiger partial charge in [-0.15, -0.1) is 0 Å². The molecule has 2 aromatic rings. The van der Waals surface area contributed by atoms with Gasteiger partial charge in [0.1, 0.15) is 0 Å². The zero-order valence-electron chi connectivity index (χ0n) is 12.6. The van der Waals surface area contributed by atoms with Gasteiger partial charge in [0.05, 0.1) is 27.8 Å². The van der Waals surface area contributed by atoms with Crippen LogP contribution in [-0.2, 0) is 16.4 Å². The van der Waals surface area contributed by atoms with Crippen molar-refractivity contribution in [2.24, 2.45) is 0 Å². The van der Waals surface area contributed by atoms with Crippen LogP contribution < -0.4 is 5.32 Å². The van der Waals surface area contributed by atoms with Crippen LogP contribution in [0.2, 0.25) is 0 Å². The molecule has 6 heteroatoms. The van der Waals surface area contributed by atoms with Crippen molar-refractivity contribution < 1.29 is 13.2 Å². The fourth-order valence-electron chi connectivity index (χ4n) is 2.11. The number of nitrogens with zero attached hydrogens (tertiary/aromatic N) is 1. The smallest absolute Gasteiger partial charge is 0.252 e. The van der Waals surface area contributed by atoms with Crippen LogP contribution in [0.5, 0.6) is 0 Å². The number of rotatable bonds is 5. The topological polar surface area (TPSA) is 87.0 Å². The second kappa shape index (κ2) is 7.07. The fourth-order valence-corrected chi connectivity index (χ4v) is 3.20. The number of hydrogen-bond acceptors (Lipinski definition) is 4. The number of sulfone groups is 1. The first-order valence-electron chi connectivity index (χ1n) is 7.07. The van der Waals surface area contributed by atoms with Crippen LogP contribution in [0.4, 0.5) is 0 Å². The molecule has 2 rings (SSSR count). The standard InChI is InChI=1S/C17H16N2O3S/c1-2-23(21,22)16-9-4-3-8-15(16)17(20)19-12-14-7-5-6-13(10-14)11-18/h3-10H,2,12H2,1H3,(H,19,20). The van der Waals surface area contributed by atoms with Crippen molar-refractivity contribution in [2.45, 2.75) is 18.4 Å². The molecule has 0 aliphatic carbocycles. The van der Waals surface area contributed by atoms with Crippen molar-refractivity contribution in [3.63, 3.8) is 0 Å². The Kier molecular flexibility index (Phi) is 5.14. The van der Waals surface area contributed by atoms with E-state index < -0.39 is 15.7 Å². The van der Waals surface area contributed by atoms with Gasteiger partial charge in [-0.25, -0.2) is 8.42 Å². The highest BCUT2D eigenvalue weighted by molar-refractivity contribution is 7.91. The second-order valence-corrected chi connectivity index (χ2v) is 7.14. The summed E-state index contributed by atoms with van der Waals surface area (Å²) >= 11 is 0. The van der Waals surface area contributed by atoms with E-state index in [2.05, 4.69) is 5.32 Å². The Morgan fingerprint density at radius 1 is 1.17 bits per heavy atom. The first-order valence-corrected chi connectivity index (χ1v) is 8.72. The lowest BCUT2D eigenvalue weighted by Crippen LogP contribution is -2.25. The van der Waals surface area contributed by atoms with E-state index in [9.17, 15) is 13.2 Å². The van der Waals surface area contributed by atoms with E-state index in [1.54, 1.807) is 36.4 Å². The Morgan fingerprint density at radius 3 is 2.61 bits per heavy atom. The van der Waals surface area contributed by atoms with Gasteiger partial charge in [0.2, 0.25) is 0 Å². The molecular weight excluding hydrogens is 312 g/mol. The summed E-state index contributed by atoms with van der Waals surface area (Å²) in [6.07, 6.45) is 0. The lowest BCUT2D eigenvalue weighted by Gasteiger charge is -2.10. The van der Waals surface area contributed by atoms with E-state index in [-0.39, 0.29) is 22.8 Å². The maximum atomic E-state index is 12.3. The molecule has 0 atom stereocenters. The maximum Gasteiger partial charge on any atom is 0.252 e. The van der Waals surface area contributed by atoms with Crippen LogP contribution >= 0.6 is 0 Å². The molecule has 0 aliphatic rings. The summed E-state index contributed by atoms with van der Waals surface area (Å²) in [5.74, 6) is -0.526. The van der Waals surface area contributed by atoms with Crippen molar-refractivity contribution in [3.05, 3.63) is 65.2 Å². The lowest BCUT2D eigenvalue weighted by molar-refractivity contribution is 0.0947. The summed E-state index contributed by atoms with van der Waals surface area (Å²) in [5.41, 5.74) is 1.41. The minimum atomic E-state index is -3.47. The van der Waals surface area contributed by atoms with Crippen molar-refractivity contribution in [2.75, 3.05) is 5.75 Å². The molecule has 0 fully saturated rings. The highest BCUT2D eigenvalue weighted by Gasteiger charge is 2.20. The lowest BCUT2D eigenvalue weighted by atomic mass is 10.1. The largest absolute Gasteiger partial charge is 0.348 e. The van der Waals surface area contributed by atoms with E-state index in [1.165, 1.54) is 19.1 Å². The molecule has 5 nitrogen and oxygen atoms in total. The number of nitrogens with one attached hydrogen (secondary N) is 1. The highest BCUT2D eigenvalue weighted by Crippen LogP contribution is 2.17. The monoisotopic (exact) mass is 328 g/mol. The van der Waals surface area contributed by atoms with Crippen LogP contribution in [0.1, 0.15) is 28.4 Å². The molecule has 0 heterocycles. The quantitative estimate of drug-likeness (QED) is 0.912. The van der Waals surface area contributed by atoms with E-state index in [0.29, 0.717) is 5.56 Å². The van der Waals surface area contributed by atoms with Gasteiger partial charge in [-0.1, -0.05) is 31.2 Å². The molecule has 0 unspecified atom stereocenters. The minimum absolute atomic E-state index is 0.0331. The Morgan fingerprint density at radius 2 is 1.91 bits per heavy atom. The van der Waals surface area contributed by atoms with Crippen LogP contribution in [0, 0.1) is 11.3 Å². The maximum absolute atomic E-state index is 12.3. The normalized spacial score (nSPS) is 10.8. The Labute approximate surface area is 135 Å². The number of benzene rings is 2. The zero-order chi connectivity index (χ0) is 16.9. The summed E-state index contributed by atoms with van der Waals surface area (Å²) in [6, 6.07) is 15.0. The highest BCUT2D eigenvalue weighted by atomic mass is 32.2. The summed E-state index contributed by atoms with van der Waals surface area (Å²) in [4.78, 5) is 12.3. The van der Waals surface area contributed by atoms with Gasteiger partial charge in [-0.2, -0.15) is 5.26 Å². The minimum Gasteiger partial charge on any atom is -0.348 e. The Bertz CT molecular complexity index is 867. The molecular formula is C17H16N2O3S. The number of amides is 1. The molecule has 0 aromatic heterocycles. The van der Waals surface area contributed by atoms with Gasteiger partial charge in [0.25, 0.3) is 5.91 Å². The van der Waals surface area contributed by atoms with Gasteiger partial charge in [-0.05, 0) is 29.8 Å². The molecule has 0 saturated carbocycles. The van der Waals surface area contributed by atoms with E-state index >= 15 is 0 Å². The van der Waals surface area contributed by atoms with Gasteiger partial charge < -0.3 is 5.32 Å². The molecule has 0 aliphatic heterocycles. The average Bonchev–Trinajstić information content (AvgIpc) is 2.59. The molecule has 0 radical (unpaired) electrons. The van der Waals surface area contributed by atoms with Crippen LogP contribution in [0.25, 0.3) is 0 Å².